The number of rotatable bonds is 5. The predicted octanol–water partition coefficient (Wildman–Crippen LogP) is 2.14. The number of amidine groups is 1. The smallest absolute Gasteiger partial charge is 0.279 e. The summed E-state index contributed by atoms with van der Waals surface area (Å²) in [6.45, 7) is 4.14. The molecule has 0 saturated carbocycles. The van der Waals surface area contributed by atoms with E-state index in [4.69, 9.17) is 28.1 Å². The topological polar surface area (TPSA) is 180 Å². The molecule has 3 fully saturated rings. The van der Waals surface area contributed by atoms with E-state index in [1.165, 1.54) is 18.9 Å². The van der Waals surface area contributed by atoms with Crippen molar-refractivity contribution in [2.45, 2.75) is 67.8 Å². The highest BCUT2D eigenvalue weighted by Crippen LogP contribution is 2.36. The van der Waals surface area contributed by atoms with Gasteiger partial charge < -0.3 is 26.6 Å². The van der Waals surface area contributed by atoms with Crippen LogP contribution in [-0.4, -0.2) is 101 Å². The molecule has 1 spiro atoms. The number of likely N-dealkylation sites (tertiary alicyclic amines) is 2. The number of hydrogen-bond acceptors (Lipinski definition) is 10. The summed E-state index contributed by atoms with van der Waals surface area (Å²) >= 11 is 5.91. The molecule has 2 amide bonds. The van der Waals surface area contributed by atoms with Crippen LogP contribution in [-0.2, 0) is 10.0 Å². The molecule has 1 aromatic heterocycles. The van der Waals surface area contributed by atoms with E-state index < -0.39 is 15.9 Å². The number of aromatic nitrogens is 2. The van der Waals surface area contributed by atoms with Gasteiger partial charge in [-0.05, 0) is 76.2 Å². The van der Waals surface area contributed by atoms with Gasteiger partial charge in [0.25, 0.3) is 11.8 Å². The van der Waals surface area contributed by atoms with E-state index in [1.54, 1.807) is 27.4 Å². The number of aliphatic imine (C=N–C) groups is 1. The highest BCUT2D eigenvalue weighted by Gasteiger charge is 2.40. The molecule has 4 aliphatic heterocycles. The maximum atomic E-state index is 13.5. The van der Waals surface area contributed by atoms with Crippen molar-refractivity contribution >= 4 is 50.9 Å². The monoisotopic (exact) mass is 643 g/mol. The number of nitrogens with one attached hydrogen (secondary N) is 1. The number of anilines is 2. The molecule has 5 N–H and O–H groups in total. The normalized spacial score (nSPS) is 21.5. The van der Waals surface area contributed by atoms with E-state index in [1.807, 2.05) is 0 Å². The largest absolute Gasteiger partial charge is 0.382 e. The van der Waals surface area contributed by atoms with Gasteiger partial charge in [-0.2, -0.15) is 4.31 Å². The van der Waals surface area contributed by atoms with Gasteiger partial charge in [-0.1, -0.05) is 17.7 Å². The van der Waals surface area contributed by atoms with Crippen LogP contribution in [0.5, 0.6) is 0 Å². The average molecular weight is 644 g/mol. The molecule has 15 heteroatoms. The maximum Gasteiger partial charge on any atom is 0.279 e. The number of nitrogen functional groups attached to an aromatic ring is 2. The van der Waals surface area contributed by atoms with E-state index in [9.17, 15) is 18.0 Å². The Bertz CT molecular complexity index is 1580. The molecule has 2 aromatic rings. The minimum absolute atomic E-state index is 0.0551. The Labute approximate surface area is 262 Å². The summed E-state index contributed by atoms with van der Waals surface area (Å²) in [6.07, 6.45) is 6.64. The van der Waals surface area contributed by atoms with Crippen LogP contribution in [0.1, 0.15) is 72.2 Å². The Kier molecular flexibility index (Phi) is 8.52. The summed E-state index contributed by atoms with van der Waals surface area (Å²) in [5, 5.41) is 2.66. The molecule has 0 atom stereocenters. The molecule has 236 valence electrons. The number of piperidine rings is 2. The summed E-state index contributed by atoms with van der Waals surface area (Å²) in [5.41, 5.74) is 11.3. The molecule has 0 radical (unpaired) electrons. The third kappa shape index (κ3) is 6.12. The molecule has 6 rings (SSSR count). The Hall–Kier alpha value is -3.33. The van der Waals surface area contributed by atoms with Gasteiger partial charge in [0.15, 0.2) is 22.5 Å². The summed E-state index contributed by atoms with van der Waals surface area (Å²) < 4.78 is 28.6. The van der Waals surface area contributed by atoms with Gasteiger partial charge in [-0.3, -0.25) is 14.6 Å². The van der Waals surface area contributed by atoms with Crippen molar-refractivity contribution in [3.63, 3.8) is 0 Å². The minimum Gasteiger partial charge on any atom is -0.382 e. The number of carbonyl (C=O) groups is 2. The Morgan fingerprint density at radius 2 is 1.66 bits per heavy atom. The predicted molar refractivity (Wildman–Crippen MR) is 167 cm³/mol. The molecule has 3 saturated heterocycles. The first kappa shape index (κ1) is 30.7. The lowest BCUT2D eigenvalue weighted by molar-refractivity contribution is 0.0672. The van der Waals surface area contributed by atoms with Gasteiger partial charge in [0, 0.05) is 44.2 Å². The quantitative estimate of drug-likeness (QED) is 0.440. The molecule has 0 unspecified atom stereocenters. The van der Waals surface area contributed by atoms with Crippen LogP contribution in [0.2, 0.25) is 5.15 Å². The van der Waals surface area contributed by atoms with Crippen LogP contribution in [0, 0.1) is 0 Å². The molecule has 44 heavy (non-hydrogen) atoms. The van der Waals surface area contributed by atoms with Gasteiger partial charge in [-0.25, -0.2) is 18.4 Å². The van der Waals surface area contributed by atoms with Gasteiger partial charge in [0.1, 0.15) is 5.84 Å². The molecule has 13 nitrogen and oxygen atoms in total. The molecule has 1 aromatic carbocycles. The Morgan fingerprint density at radius 1 is 0.955 bits per heavy atom. The molecule has 0 aliphatic carbocycles. The van der Waals surface area contributed by atoms with Gasteiger partial charge in [-0.15, -0.1) is 0 Å². The zero-order chi connectivity index (χ0) is 31.1. The van der Waals surface area contributed by atoms with Crippen LogP contribution >= 0.6 is 11.6 Å². The van der Waals surface area contributed by atoms with Gasteiger partial charge >= 0.3 is 0 Å². The number of carbonyl (C=O) groups excluding carboxylic acids is 2. The van der Waals surface area contributed by atoms with Crippen LogP contribution in [0.25, 0.3) is 0 Å². The van der Waals surface area contributed by atoms with E-state index in [-0.39, 0.29) is 38.8 Å². The number of amides is 2. The lowest BCUT2D eigenvalue weighted by Crippen LogP contribution is -2.46. The van der Waals surface area contributed by atoms with Crippen LogP contribution < -0.4 is 16.8 Å². The van der Waals surface area contributed by atoms with Gasteiger partial charge in [0.05, 0.1) is 10.4 Å². The highest BCUT2D eigenvalue weighted by molar-refractivity contribution is 7.89. The first-order valence-electron chi connectivity index (χ1n) is 15.2. The van der Waals surface area contributed by atoms with Crippen molar-refractivity contribution in [1.82, 2.24) is 29.4 Å². The van der Waals surface area contributed by atoms with E-state index >= 15 is 0 Å². The van der Waals surface area contributed by atoms with Crippen molar-refractivity contribution in [3.05, 3.63) is 40.7 Å². The first-order valence-corrected chi connectivity index (χ1v) is 17.0. The molecular formula is C29H38ClN9O4S. The summed E-state index contributed by atoms with van der Waals surface area (Å²) in [7, 11) is -3.70. The first-order chi connectivity index (χ1) is 21.0. The number of sulfonamides is 1. The van der Waals surface area contributed by atoms with Gasteiger partial charge in [0.2, 0.25) is 10.0 Å². The molecule has 4 aliphatic rings. The Balaban J connectivity index is 1.06. The fourth-order valence-electron chi connectivity index (χ4n) is 6.80. The second kappa shape index (κ2) is 12.2. The zero-order valence-corrected chi connectivity index (χ0v) is 26.1. The summed E-state index contributed by atoms with van der Waals surface area (Å²) in [4.78, 5) is 43.2. The van der Waals surface area contributed by atoms with E-state index in [0.29, 0.717) is 62.9 Å². The van der Waals surface area contributed by atoms with E-state index in [2.05, 4.69) is 20.2 Å². The standard InChI is InChI=1S/C29H38ClN9O4S/c30-24-26(32)35-25(31)23(34-24)27(40)33-22-6-9-29(36-22)10-16-38(17-11-29)28(41)19-4-3-5-21(18-19)44(42,43)39-14-7-20(8-15-39)37-12-1-2-13-37/h3-5,18,20H,1-2,6-17H2,(H4,31,32,35)(H,33,36,40). The number of nitrogens with two attached hydrogens (primary N) is 2. The number of halogens is 1. The average Bonchev–Trinajstić information content (AvgIpc) is 3.70. The minimum atomic E-state index is -3.70. The van der Waals surface area contributed by atoms with Crippen molar-refractivity contribution in [3.8, 4) is 0 Å². The fourth-order valence-corrected chi connectivity index (χ4v) is 8.44. The van der Waals surface area contributed by atoms with Crippen molar-refractivity contribution < 1.29 is 18.0 Å². The second-order valence-corrected chi connectivity index (χ2v) is 14.4. The third-order valence-electron chi connectivity index (χ3n) is 9.36. The van der Waals surface area contributed by atoms with Crippen LogP contribution in [0.15, 0.2) is 34.2 Å². The van der Waals surface area contributed by atoms with Crippen molar-refractivity contribution in [2.24, 2.45) is 4.99 Å². The van der Waals surface area contributed by atoms with E-state index in [0.717, 1.165) is 32.4 Å². The third-order valence-corrected chi connectivity index (χ3v) is 11.5. The van der Waals surface area contributed by atoms with Crippen LogP contribution in [0.3, 0.4) is 0 Å². The molecule has 0 bridgehead atoms. The summed E-state index contributed by atoms with van der Waals surface area (Å²) in [5.74, 6) is -0.421. The highest BCUT2D eigenvalue weighted by atomic mass is 35.5. The SMILES string of the molecule is Nc1nc(N)c(C(=O)NC2=NC3(CC2)CCN(C(=O)c2cccc(S(=O)(=O)N4CCC(N5CCCC5)CC4)c2)CC3)nc1Cl. The lowest BCUT2D eigenvalue weighted by Gasteiger charge is -2.37. The van der Waals surface area contributed by atoms with Crippen molar-refractivity contribution in [2.75, 3.05) is 50.7 Å². The number of nitrogens with zero attached hydrogens (tertiary/aromatic N) is 6. The zero-order valence-electron chi connectivity index (χ0n) is 24.5. The van der Waals surface area contributed by atoms with Crippen molar-refractivity contribution in [1.29, 1.82) is 0 Å². The van der Waals surface area contributed by atoms with Crippen LogP contribution in [0.4, 0.5) is 11.6 Å². The lowest BCUT2D eigenvalue weighted by atomic mass is 9.86. The number of benzene rings is 1. The molecular weight excluding hydrogens is 606 g/mol. The summed E-state index contributed by atoms with van der Waals surface area (Å²) in [6, 6.07) is 6.85. The maximum absolute atomic E-state index is 13.5. The number of hydrogen-bond donors (Lipinski definition) is 3. The molecule has 5 heterocycles. The second-order valence-electron chi connectivity index (χ2n) is 12.1. The fraction of sp³-hybridized carbons (Fsp3) is 0.552. The Morgan fingerprint density at radius 3 is 2.36 bits per heavy atom.